The first-order valence-corrected chi connectivity index (χ1v) is 10.4. The molecule has 0 atom stereocenters. The molecule has 0 spiro atoms. The van der Waals surface area contributed by atoms with Crippen LogP contribution in [-0.4, -0.2) is 30.7 Å². The van der Waals surface area contributed by atoms with Crippen LogP contribution in [0.4, 0.5) is 0 Å². The van der Waals surface area contributed by atoms with Crippen molar-refractivity contribution in [3.8, 4) is 17.2 Å². The Morgan fingerprint density at radius 2 is 1.93 bits per heavy atom. The highest BCUT2D eigenvalue weighted by Crippen LogP contribution is 2.32. The number of ether oxygens (including phenoxy) is 3. The second kappa shape index (κ2) is 9.11. The lowest BCUT2D eigenvalue weighted by molar-refractivity contribution is 0.0575. The average Bonchev–Trinajstić information content (AvgIpc) is 3.37. The van der Waals surface area contributed by atoms with Crippen molar-refractivity contribution >= 4 is 31.2 Å². The van der Waals surface area contributed by atoms with E-state index in [0.717, 1.165) is 23.9 Å². The van der Waals surface area contributed by atoms with Gasteiger partial charge in [0.2, 0.25) is 0 Å². The minimum Gasteiger partial charge on any atom is -0.492 e. The van der Waals surface area contributed by atoms with Gasteiger partial charge < -0.3 is 23.9 Å². The summed E-state index contributed by atoms with van der Waals surface area (Å²) in [6.07, 6.45) is 4.75. The molecule has 29 heavy (non-hydrogen) atoms. The zero-order chi connectivity index (χ0) is 20.2. The van der Waals surface area contributed by atoms with Crippen LogP contribution in [0.5, 0.6) is 17.2 Å². The van der Waals surface area contributed by atoms with Gasteiger partial charge in [0.15, 0.2) is 0 Å². The maximum Gasteiger partial charge on any atom is 0.491 e. The molecule has 0 bridgehead atoms. The molecule has 0 saturated heterocycles. The van der Waals surface area contributed by atoms with Crippen molar-refractivity contribution in [2.24, 2.45) is 5.92 Å². The number of hydrogen-bond acceptors (Lipinski definition) is 7. The Morgan fingerprint density at radius 1 is 1.17 bits per heavy atom. The Kier molecular flexibility index (Phi) is 6.32. The first-order valence-electron chi connectivity index (χ1n) is 9.79. The fourth-order valence-corrected chi connectivity index (χ4v) is 3.90. The van der Waals surface area contributed by atoms with E-state index < -0.39 is 13.1 Å². The largest absolute Gasteiger partial charge is 0.492 e. The molecule has 1 N–H and O–H groups in total. The van der Waals surface area contributed by atoms with Crippen LogP contribution < -0.4 is 14.9 Å². The topological polar surface area (TPSA) is 74.2 Å². The standard InChI is InChI=1S/C21H23BO6S/c23-21(26-13-29)18-7-5-17(10-20(18)25-11-14-3-1-2-4-14)28-16-6-8-19-15(9-16)12-27-22(19)24/h5-10,14,24,29H,1-4,11-13H2. The highest BCUT2D eigenvalue weighted by Gasteiger charge is 2.27. The van der Waals surface area contributed by atoms with Gasteiger partial charge in [0.05, 0.1) is 13.2 Å². The van der Waals surface area contributed by atoms with Gasteiger partial charge in [-0.15, -0.1) is 12.6 Å². The Bertz CT molecular complexity index is 883. The van der Waals surface area contributed by atoms with E-state index in [1.54, 1.807) is 30.3 Å². The lowest BCUT2D eigenvalue weighted by Gasteiger charge is -2.16. The molecule has 6 nitrogen and oxygen atoms in total. The molecule has 2 aromatic rings. The molecule has 4 rings (SSSR count). The fraction of sp³-hybridized carbons (Fsp3) is 0.381. The quantitative estimate of drug-likeness (QED) is 0.314. The molecular weight excluding hydrogens is 391 g/mol. The maximum absolute atomic E-state index is 12.3. The molecule has 2 aromatic carbocycles. The summed E-state index contributed by atoms with van der Waals surface area (Å²) in [6, 6.07) is 10.5. The highest BCUT2D eigenvalue weighted by atomic mass is 32.1. The van der Waals surface area contributed by atoms with Crippen LogP contribution in [0.3, 0.4) is 0 Å². The monoisotopic (exact) mass is 414 g/mol. The van der Waals surface area contributed by atoms with E-state index in [2.05, 4.69) is 12.6 Å². The molecule has 0 radical (unpaired) electrons. The van der Waals surface area contributed by atoms with Crippen molar-refractivity contribution in [2.45, 2.75) is 32.3 Å². The predicted molar refractivity (Wildman–Crippen MR) is 112 cm³/mol. The van der Waals surface area contributed by atoms with E-state index >= 15 is 0 Å². The van der Waals surface area contributed by atoms with Gasteiger partial charge in [-0.05, 0) is 54.1 Å². The smallest absolute Gasteiger partial charge is 0.491 e. The Morgan fingerprint density at radius 3 is 2.72 bits per heavy atom. The van der Waals surface area contributed by atoms with Gasteiger partial charge in [-0.25, -0.2) is 4.79 Å². The van der Waals surface area contributed by atoms with E-state index in [9.17, 15) is 9.82 Å². The zero-order valence-electron chi connectivity index (χ0n) is 16.0. The molecule has 2 aliphatic rings. The molecule has 8 heteroatoms. The van der Waals surface area contributed by atoms with Gasteiger partial charge in [-0.3, -0.25) is 0 Å². The number of esters is 1. The third kappa shape index (κ3) is 4.71. The minimum atomic E-state index is -0.883. The summed E-state index contributed by atoms with van der Waals surface area (Å²) in [5, 5.41) is 9.74. The Hall–Kier alpha value is -2.16. The molecule has 1 aliphatic heterocycles. The van der Waals surface area contributed by atoms with Gasteiger partial charge >= 0.3 is 13.1 Å². The SMILES string of the molecule is O=C(OCS)c1ccc(Oc2ccc3c(c2)COB3O)cc1OCC1CCCC1. The van der Waals surface area contributed by atoms with Crippen LogP contribution in [0, 0.1) is 5.92 Å². The number of benzene rings is 2. The van der Waals surface area contributed by atoms with Crippen molar-refractivity contribution in [1.29, 1.82) is 0 Å². The van der Waals surface area contributed by atoms with Crippen LogP contribution in [0.15, 0.2) is 36.4 Å². The Balaban J connectivity index is 1.53. The van der Waals surface area contributed by atoms with Crippen LogP contribution >= 0.6 is 12.6 Å². The molecule has 152 valence electrons. The van der Waals surface area contributed by atoms with Gasteiger partial charge in [-0.2, -0.15) is 0 Å². The molecule has 1 saturated carbocycles. The van der Waals surface area contributed by atoms with E-state index in [1.165, 1.54) is 12.8 Å². The fourth-order valence-electron chi connectivity index (χ4n) is 3.78. The average molecular weight is 414 g/mol. The number of carbonyl (C=O) groups is 1. The van der Waals surface area contributed by atoms with Crippen molar-refractivity contribution in [3.63, 3.8) is 0 Å². The molecular formula is C21H23BO6S. The van der Waals surface area contributed by atoms with Gasteiger partial charge in [-0.1, -0.05) is 18.9 Å². The molecule has 0 amide bonds. The number of rotatable bonds is 7. The summed E-state index contributed by atoms with van der Waals surface area (Å²) < 4.78 is 22.2. The summed E-state index contributed by atoms with van der Waals surface area (Å²) in [7, 11) is -0.883. The number of hydrogen-bond donors (Lipinski definition) is 2. The van der Waals surface area contributed by atoms with E-state index in [4.69, 9.17) is 18.9 Å². The zero-order valence-corrected chi connectivity index (χ0v) is 16.9. The number of thiol groups is 1. The molecule has 0 unspecified atom stereocenters. The van der Waals surface area contributed by atoms with Crippen molar-refractivity contribution < 1.29 is 28.7 Å². The lowest BCUT2D eigenvalue weighted by atomic mass is 9.80. The Labute approximate surface area is 175 Å². The number of fused-ring (bicyclic) bond motifs is 1. The van der Waals surface area contributed by atoms with Gasteiger partial charge in [0, 0.05) is 6.07 Å². The van der Waals surface area contributed by atoms with Gasteiger partial charge in [0.1, 0.15) is 28.8 Å². The van der Waals surface area contributed by atoms with Crippen LogP contribution in [0.25, 0.3) is 0 Å². The van der Waals surface area contributed by atoms with Crippen molar-refractivity contribution in [3.05, 3.63) is 47.5 Å². The van der Waals surface area contributed by atoms with E-state index in [-0.39, 0.29) is 5.94 Å². The molecule has 1 aliphatic carbocycles. The summed E-state index contributed by atoms with van der Waals surface area (Å²) in [5.74, 6) is 1.65. The lowest BCUT2D eigenvalue weighted by Crippen LogP contribution is -2.27. The molecule has 0 aromatic heterocycles. The number of carbonyl (C=O) groups excluding carboxylic acids is 1. The van der Waals surface area contributed by atoms with E-state index in [0.29, 0.717) is 41.9 Å². The minimum absolute atomic E-state index is 0.00218. The van der Waals surface area contributed by atoms with Crippen LogP contribution in [0.2, 0.25) is 0 Å². The van der Waals surface area contributed by atoms with Gasteiger partial charge in [0.25, 0.3) is 0 Å². The predicted octanol–water partition coefficient (Wildman–Crippen LogP) is 3.31. The van der Waals surface area contributed by atoms with Crippen LogP contribution in [0.1, 0.15) is 41.6 Å². The third-order valence-electron chi connectivity index (χ3n) is 5.33. The van der Waals surface area contributed by atoms with Crippen LogP contribution in [-0.2, 0) is 16.0 Å². The molecule has 1 heterocycles. The van der Waals surface area contributed by atoms with E-state index in [1.807, 2.05) is 6.07 Å². The first-order chi connectivity index (χ1) is 14.1. The second-order valence-corrected chi connectivity index (χ2v) is 7.56. The molecule has 1 fully saturated rings. The second-order valence-electron chi connectivity index (χ2n) is 7.31. The van der Waals surface area contributed by atoms with Crippen molar-refractivity contribution in [2.75, 3.05) is 12.5 Å². The summed E-state index contributed by atoms with van der Waals surface area (Å²) in [5.41, 5.74) is 2.00. The summed E-state index contributed by atoms with van der Waals surface area (Å²) >= 11 is 3.96. The normalized spacial score (nSPS) is 16.0. The highest BCUT2D eigenvalue weighted by molar-refractivity contribution is 7.80. The third-order valence-corrected chi connectivity index (χ3v) is 5.46. The van der Waals surface area contributed by atoms with Crippen molar-refractivity contribution in [1.82, 2.24) is 0 Å². The maximum atomic E-state index is 12.3. The first kappa shape index (κ1) is 20.1. The summed E-state index contributed by atoms with van der Waals surface area (Å²) in [4.78, 5) is 12.3. The summed E-state index contributed by atoms with van der Waals surface area (Å²) in [6.45, 7) is 0.913.